The van der Waals surface area contributed by atoms with Gasteiger partial charge in [-0.1, -0.05) is 6.07 Å². The Balaban J connectivity index is 1.78. The van der Waals surface area contributed by atoms with Gasteiger partial charge in [0.15, 0.2) is 11.7 Å². The second-order valence-electron chi connectivity index (χ2n) is 4.27. The molecule has 0 aliphatic heterocycles. The number of aromatic nitrogens is 1. The molecule has 0 saturated carbocycles. The monoisotopic (exact) mass is 340 g/mol. The first-order valence-electron chi connectivity index (χ1n) is 6.09. The number of rotatable bonds is 5. The van der Waals surface area contributed by atoms with E-state index in [1.54, 1.807) is 25.3 Å². The molecule has 0 fully saturated rings. The van der Waals surface area contributed by atoms with Gasteiger partial charge in [-0.25, -0.2) is 18.1 Å². The molecule has 0 aliphatic rings. The van der Waals surface area contributed by atoms with Gasteiger partial charge in [-0.2, -0.15) is 0 Å². The Kier molecular flexibility index (Phi) is 3.94. The van der Waals surface area contributed by atoms with Gasteiger partial charge in [0.25, 0.3) is 0 Å². The van der Waals surface area contributed by atoms with Gasteiger partial charge < -0.3 is 4.42 Å². The number of hydrogen-bond acceptors (Lipinski definition) is 6. The van der Waals surface area contributed by atoms with Crippen molar-refractivity contribution in [2.45, 2.75) is 17.7 Å². The molecule has 3 aromatic heterocycles. The van der Waals surface area contributed by atoms with Crippen LogP contribution in [-0.2, 0) is 16.6 Å². The molecule has 0 unspecified atom stereocenters. The van der Waals surface area contributed by atoms with Crippen LogP contribution in [-0.4, -0.2) is 13.4 Å². The molecule has 1 N–H and O–H groups in total. The molecule has 0 atom stereocenters. The van der Waals surface area contributed by atoms with Gasteiger partial charge in [-0.05, 0) is 23.6 Å². The smallest absolute Gasteiger partial charge is 0.250 e. The van der Waals surface area contributed by atoms with E-state index in [9.17, 15) is 8.42 Å². The summed E-state index contributed by atoms with van der Waals surface area (Å²) in [5.74, 6) is 1.14. The molecule has 3 heterocycles. The molecule has 0 amide bonds. The van der Waals surface area contributed by atoms with E-state index in [0.29, 0.717) is 18.2 Å². The Hall–Kier alpha value is -1.48. The third kappa shape index (κ3) is 3.24. The molecule has 0 aliphatic carbocycles. The lowest BCUT2D eigenvalue weighted by atomic mass is 10.4. The number of aryl methyl sites for hydroxylation is 1. The van der Waals surface area contributed by atoms with Crippen molar-refractivity contribution in [3.8, 4) is 10.6 Å². The van der Waals surface area contributed by atoms with Crippen LogP contribution in [0.4, 0.5) is 0 Å². The van der Waals surface area contributed by atoms with Crippen molar-refractivity contribution in [1.29, 1.82) is 0 Å². The Morgan fingerprint density at radius 2 is 2.19 bits per heavy atom. The number of hydrogen-bond donors (Lipinski definition) is 1. The van der Waals surface area contributed by atoms with E-state index in [4.69, 9.17) is 4.42 Å². The van der Waals surface area contributed by atoms with E-state index in [0.717, 1.165) is 21.1 Å². The lowest BCUT2D eigenvalue weighted by molar-refractivity contribution is 0.535. The van der Waals surface area contributed by atoms with Crippen molar-refractivity contribution < 1.29 is 12.8 Å². The fourth-order valence-corrected chi connectivity index (χ4v) is 4.76. The molecule has 3 aromatic rings. The minimum atomic E-state index is -3.50. The zero-order chi connectivity index (χ0) is 14.9. The summed E-state index contributed by atoms with van der Waals surface area (Å²) in [6, 6.07) is 7.09. The first-order valence-corrected chi connectivity index (χ1v) is 9.27. The SMILES string of the molecule is Cc1ncc(-c2ccc(S(=O)(=O)NCc3cccs3)s2)o1. The Morgan fingerprint density at radius 1 is 1.33 bits per heavy atom. The van der Waals surface area contributed by atoms with Gasteiger partial charge in [0.2, 0.25) is 10.0 Å². The van der Waals surface area contributed by atoms with E-state index < -0.39 is 10.0 Å². The summed E-state index contributed by atoms with van der Waals surface area (Å²) in [5, 5.41) is 1.92. The molecule has 0 spiro atoms. The van der Waals surface area contributed by atoms with Crippen LogP contribution in [0, 0.1) is 6.92 Å². The lowest BCUT2D eigenvalue weighted by Crippen LogP contribution is -2.21. The fourth-order valence-electron chi connectivity index (χ4n) is 1.72. The van der Waals surface area contributed by atoms with Gasteiger partial charge in [0, 0.05) is 18.3 Å². The van der Waals surface area contributed by atoms with Crippen molar-refractivity contribution in [3.63, 3.8) is 0 Å². The van der Waals surface area contributed by atoms with Crippen LogP contribution in [0.25, 0.3) is 10.6 Å². The predicted octanol–water partition coefficient (Wildman–Crippen LogP) is 3.25. The van der Waals surface area contributed by atoms with E-state index in [-0.39, 0.29) is 4.21 Å². The highest BCUT2D eigenvalue weighted by molar-refractivity contribution is 7.91. The zero-order valence-electron chi connectivity index (χ0n) is 11.1. The second-order valence-corrected chi connectivity index (χ2v) is 8.38. The maximum atomic E-state index is 12.2. The number of oxazole rings is 1. The van der Waals surface area contributed by atoms with Crippen LogP contribution < -0.4 is 4.72 Å². The van der Waals surface area contributed by atoms with Crippen LogP contribution in [0.5, 0.6) is 0 Å². The molecule has 0 aromatic carbocycles. The number of nitrogens with one attached hydrogen (secondary N) is 1. The largest absolute Gasteiger partial charge is 0.440 e. The van der Waals surface area contributed by atoms with Gasteiger partial charge in [-0.15, -0.1) is 22.7 Å². The number of sulfonamides is 1. The Labute approximate surface area is 130 Å². The maximum absolute atomic E-state index is 12.2. The van der Waals surface area contributed by atoms with Crippen molar-refractivity contribution in [2.75, 3.05) is 0 Å². The van der Waals surface area contributed by atoms with Crippen LogP contribution in [0.1, 0.15) is 10.8 Å². The standard InChI is InChI=1S/C13H12N2O3S3/c1-9-14-8-11(18-9)12-4-5-13(20-12)21(16,17)15-7-10-3-2-6-19-10/h2-6,8,15H,7H2,1H3. The summed E-state index contributed by atoms with van der Waals surface area (Å²) < 4.78 is 32.7. The highest BCUT2D eigenvalue weighted by Gasteiger charge is 2.18. The minimum Gasteiger partial charge on any atom is -0.440 e. The maximum Gasteiger partial charge on any atom is 0.250 e. The van der Waals surface area contributed by atoms with E-state index >= 15 is 0 Å². The number of nitrogens with zero attached hydrogens (tertiary/aromatic N) is 1. The molecule has 0 radical (unpaired) electrons. The van der Waals surface area contributed by atoms with Crippen molar-refractivity contribution in [2.24, 2.45) is 0 Å². The van der Waals surface area contributed by atoms with Gasteiger partial charge in [-0.3, -0.25) is 0 Å². The Morgan fingerprint density at radius 3 is 2.86 bits per heavy atom. The molecule has 3 rings (SSSR count). The van der Waals surface area contributed by atoms with Crippen LogP contribution in [0.2, 0.25) is 0 Å². The van der Waals surface area contributed by atoms with Crippen molar-refractivity contribution in [1.82, 2.24) is 9.71 Å². The van der Waals surface area contributed by atoms with Crippen molar-refractivity contribution >= 4 is 32.7 Å². The highest BCUT2D eigenvalue weighted by atomic mass is 32.2. The molecule has 0 saturated heterocycles. The molecule has 21 heavy (non-hydrogen) atoms. The summed E-state index contributed by atoms with van der Waals surface area (Å²) >= 11 is 2.68. The first kappa shape index (κ1) is 14.5. The molecule has 110 valence electrons. The van der Waals surface area contributed by atoms with Gasteiger partial charge in [0.1, 0.15) is 4.21 Å². The average Bonchev–Trinajstić information content (AvgIpc) is 3.17. The summed E-state index contributed by atoms with van der Waals surface area (Å²) in [6.45, 7) is 2.05. The van der Waals surface area contributed by atoms with Crippen molar-refractivity contribution in [3.05, 3.63) is 46.6 Å². The van der Waals surface area contributed by atoms with E-state index in [2.05, 4.69) is 9.71 Å². The second kappa shape index (κ2) is 5.72. The summed E-state index contributed by atoms with van der Waals surface area (Å²) in [5.41, 5.74) is 0. The summed E-state index contributed by atoms with van der Waals surface area (Å²) in [4.78, 5) is 5.73. The zero-order valence-corrected chi connectivity index (χ0v) is 13.5. The molecule has 8 heteroatoms. The van der Waals surface area contributed by atoms with Crippen LogP contribution in [0.3, 0.4) is 0 Å². The minimum absolute atomic E-state index is 0.267. The lowest BCUT2D eigenvalue weighted by Gasteiger charge is -2.02. The third-order valence-electron chi connectivity index (χ3n) is 2.73. The molecule has 0 bridgehead atoms. The fraction of sp³-hybridized carbons (Fsp3) is 0.154. The Bertz CT molecular complexity index is 832. The quantitative estimate of drug-likeness (QED) is 0.774. The third-order valence-corrected chi connectivity index (χ3v) is 6.60. The molecular formula is C13H12N2O3S3. The van der Waals surface area contributed by atoms with E-state index in [1.165, 1.54) is 11.3 Å². The summed E-state index contributed by atoms with van der Waals surface area (Å²) in [7, 11) is -3.50. The predicted molar refractivity (Wildman–Crippen MR) is 82.9 cm³/mol. The summed E-state index contributed by atoms with van der Waals surface area (Å²) in [6.07, 6.45) is 1.59. The number of thiophene rings is 2. The highest BCUT2D eigenvalue weighted by Crippen LogP contribution is 2.31. The van der Waals surface area contributed by atoms with Crippen LogP contribution in [0.15, 0.2) is 44.5 Å². The average molecular weight is 340 g/mol. The van der Waals surface area contributed by atoms with Crippen LogP contribution >= 0.6 is 22.7 Å². The van der Waals surface area contributed by atoms with E-state index in [1.807, 2.05) is 17.5 Å². The van der Waals surface area contributed by atoms with Gasteiger partial charge in [0.05, 0.1) is 11.1 Å². The molecular weight excluding hydrogens is 328 g/mol. The molecule has 5 nitrogen and oxygen atoms in total. The normalized spacial score (nSPS) is 11.9. The van der Waals surface area contributed by atoms with Gasteiger partial charge >= 0.3 is 0 Å². The topological polar surface area (TPSA) is 72.2 Å². The first-order chi connectivity index (χ1) is 10.0.